The molecule has 8 nitrogen and oxygen atoms in total. The van der Waals surface area contributed by atoms with Gasteiger partial charge in [-0.05, 0) is 6.42 Å². The van der Waals surface area contributed by atoms with E-state index in [4.69, 9.17) is 5.73 Å². The summed E-state index contributed by atoms with van der Waals surface area (Å²) in [5.41, 5.74) is 7.55. The monoisotopic (exact) mass is 363 g/mol. The number of imidazole rings is 1. The lowest BCUT2D eigenvalue weighted by molar-refractivity contribution is 0.0702. The second-order valence-electron chi connectivity index (χ2n) is 7.18. The highest BCUT2D eigenvalue weighted by Crippen LogP contribution is 2.23. The van der Waals surface area contributed by atoms with Gasteiger partial charge in [-0.15, -0.1) is 10.2 Å². The zero-order valence-electron chi connectivity index (χ0n) is 15.0. The number of nitrogens with zero attached hydrogens (tertiary/aromatic N) is 6. The van der Waals surface area contributed by atoms with E-state index in [-0.39, 0.29) is 11.9 Å². The van der Waals surface area contributed by atoms with Crippen LogP contribution in [0.3, 0.4) is 0 Å². The van der Waals surface area contributed by atoms with Gasteiger partial charge in [-0.1, -0.05) is 30.3 Å². The van der Waals surface area contributed by atoms with E-state index in [1.165, 1.54) is 0 Å². The zero-order valence-corrected chi connectivity index (χ0v) is 15.0. The smallest absolute Gasteiger partial charge is 0.274 e. The highest BCUT2D eigenvalue weighted by Gasteiger charge is 2.28. The largest absolute Gasteiger partial charge is 0.333 e. The summed E-state index contributed by atoms with van der Waals surface area (Å²) in [6.45, 7) is 2.47. The van der Waals surface area contributed by atoms with Gasteiger partial charge in [0.2, 0.25) is 0 Å². The van der Waals surface area contributed by atoms with Gasteiger partial charge < -0.3 is 19.8 Å². The molecule has 2 aliphatic rings. The third-order valence-electron chi connectivity index (χ3n) is 5.32. The average molecular weight is 363 g/mol. The minimum absolute atomic E-state index is 0.0546. The van der Waals surface area contributed by atoms with Crippen LogP contribution in [0.25, 0.3) is 11.4 Å². The van der Waals surface area contributed by atoms with E-state index in [2.05, 4.69) is 19.7 Å². The predicted octanol–water partition coefficient (Wildman–Crippen LogP) is 1.07. The first kappa shape index (κ1) is 16.2. The van der Waals surface area contributed by atoms with Gasteiger partial charge in [0, 0.05) is 43.9 Å². The molecule has 0 saturated carbocycles. The molecule has 0 spiro atoms. The van der Waals surface area contributed by atoms with E-state index in [9.17, 15) is 4.79 Å². The first-order chi connectivity index (χ1) is 13.2. The van der Waals surface area contributed by atoms with Crippen molar-refractivity contribution in [2.45, 2.75) is 38.5 Å². The second kappa shape index (κ2) is 6.31. The van der Waals surface area contributed by atoms with E-state index >= 15 is 0 Å². The number of aryl methyl sites for hydroxylation is 1. The van der Waals surface area contributed by atoms with E-state index in [1.807, 2.05) is 41.1 Å². The Balaban J connectivity index is 1.37. The van der Waals surface area contributed by atoms with Crippen LogP contribution in [0.2, 0.25) is 0 Å². The summed E-state index contributed by atoms with van der Waals surface area (Å²) >= 11 is 0. The molecule has 0 radical (unpaired) electrons. The molecule has 8 heteroatoms. The number of rotatable bonds is 2. The fourth-order valence-corrected chi connectivity index (χ4v) is 3.87. The first-order valence-electron chi connectivity index (χ1n) is 9.27. The van der Waals surface area contributed by atoms with Crippen molar-refractivity contribution in [1.82, 2.24) is 29.2 Å². The molecule has 3 aromatic rings. The average Bonchev–Trinajstić information content (AvgIpc) is 3.31. The molecule has 0 aliphatic carbocycles. The Bertz CT molecular complexity index is 991. The molecule has 27 heavy (non-hydrogen) atoms. The molecule has 1 aromatic carbocycles. The maximum Gasteiger partial charge on any atom is 0.274 e. The number of amides is 1. The minimum Gasteiger partial charge on any atom is -0.333 e. The standard InChI is InChI=1S/C19H21N7O/c20-14-6-7-16-21-15(11-25(16)10-14)19(27)24-8-9-26-17(12-24)22-23-18(26)13-4-2-1-3-5-13/h1-5,11,14H,6-10,12,20H2. The maximum atomic E-state index is 12.9. The van der Waals surface area contributed by atoms with Gasteiger partial charge in [0.05, 0.1) is 6.54 Å². The summed E-state index contributed by atoms with van der Waals surface area (Å²) in [7, 11) is 0. The number of fused-ring (bicyclic) bond motifs is 2. The van der Waals surface area contributed by atoms with Crippen molar-refractivity contribution in [3.8, 4) is 11.4 Å². The van der Waals surface area contributed by atoms with Crippen LogP contribution < -0.4 is 5.73 Å². The Morgan fingerprint density at radius 3 is 2.81 bits per heavy atom. The van der Waals surface area contributed by atoms with Crippen LogP contribution in [0.4, 0.5) is 0 Å². The van der Waals surface area contributed by atoms with Gasteiger partial charge in [-0.3, -0.25) is 4.79 Å². The maximum absolute atomic E-state index is 12.9. The van der Waals surface area contributed by atoms with Crippen molar-refractivity contribution >= 4 is 5.91 Å². The van der Waals surface area contributed by atoms with Gasteiger partial charge in [-0.25, -0.2) is 4.98 Å². The number of carbonyl (C=O) groups excluding carboxylic acids is 1. The molecule has 1 amide bonds. The number of nitrogens with two attached hydrogens (primary N) is 1. The third kappa shape index (κ3) is 2.82. The molecule has 1 atom stereocenters. The van der Waals surface area contributed by atoms with Gasteiger partial charge in [0.15, 0.2) is 11.6 Å². The van der Waals surface area contributed by atoms with Gasteiger partial charge in [0.1, 0.15) is 11.5 Å². The van der Waals surface area contributed by atoms with Crippen molar-refractivity contribution in [3.63, 3.8) is 0 Å². The Labute approximate surface area is 156 Å². The Morgan fingerprint density at radius 2 is 1.96 bits per heavy atom. The van der Waals surface area contributed by atoms with E-state index < -0.39 is 0 Å². The van der Waals surface area contributed by atoms with Gasteiger partial charge in [0.25, 0.3) is 5.91 Å². The van der Waals surface area contributed by atoms with Crippen LogP contribution >= 0.6 is 0 Å². The van der Waals surface area contributed by atoms with Crippen LogP contribution in [-0.4, -0.2) is 47.7 Å². The van der Waals surface area contributed by atoms with Crippen molar-refractivity contribution in [3.05, 3.63) is 53.9 Å². The number of carbonyl (C=O) groups is 1. The molecule has 0 saturated heterocycles. The summed E-state index contributed by atoms with van der Waals surface area (Å²) in [6.07, 6.45) is 3.58. The van der Waals surface area contributed by atoms with Crippen LogP contribution in [-0.2, 0) is 26.1 Å². The molecule has 2 N–H and O–H groups in total. The number of aromatic nitrogens is 5. The molecule has 0 bridgehead atoms. The van der Waals surface area contributed by atoms with Crippen molar-refractivity contribution < 1.29 is 4.79 Å². The molecule has 2 aromatic heterocycles. The number of hydrogen-bond donors (Lipinski definition) is 1. The van der Waals surface area contributed by atoms with Crippen molar-refractivity contribution in [2.24, 2.45) is 5.73 Å². The number of benzene rings is 1. The molecule has 0 fully saturated rings. The van der Waals surface area contributed by atoms with E-state index in [0.29, 0.717) is 25.3 Å². The van der Waals surface area contributed by atoms with Crippen molar-refractivity contribution in [1.29, 1.82) is 0 Å². The zero-order chi connectivity index (χ0) is 18.4. The Morgan fingerprint density at radius 1 is 1.11 bits per heavy atom. The summed E-state index contributed by atoms with van der Waals surface area (Å²) in [4.78, 5) is 19.3. The fraction of sp³-hybridized carbons (Fsp3) is 0.368. The molecule has 2 aliphatic heterocycles. The van der Waals surface area contributed by atoms with Gasteiger partial charge in [-0.2, -0.15) is 0 Å². The molecule has 5 rings (SSSR count). The lowest BCUT2D eigenvalue weighted by Gasteiger charge is -2.27. The predicted molar refractivity (Wildman–Crippen MR) is 98.7 cm³/mol. The number of hydrogen-bond acceptors (Lipinski definition) is 5. The Kier molecular flexibility index (Phi) is 3.78. The summed E-state index contributed by atoms with van der Waals surface area (Å²) < 4.78 is 4.11. The molecular weight excluding hydrogens is 342 g/mol. The van der Waals surface area contributed by atoms with E-state index in [1.54, 1.807) is 4.90 Å². The normalized spacial score (nSPS) is 18.9. The fourth-order valence-electron chi connectivity index (χ4n) is 3.87. The quantitative estimate of drug-likeness (QED) is 0.735. The Hall–Kier alpha value is -3.00. The molecule has 1 unspecified atom stereocenters. The molecular formula is C19H21N7O. The van der Waals surface area contributed by atoms with Gasteiger partial charge >= 0.3 is 0 Å². The SMILES string of the molecule is NC1CCc2nc(C(=O)N3CCn4c(nnc4-c4ccccc4)C3)cn2C1. The minimum atomic E-state index is -0.0546. The highest BCUT2D eigenvalue weighted by atomic mass is 16.2. The van der Waals surface area contributed by atoms with E-state index in [0.717, 1.165) is 42.4 Å². The topological polar surface area (TPSA) is 94.9 Å². The summed E-state index contributed by atoms with van der Waals surface area (Å²) in [6, 6.07) is 10.1. The second-order valence-corrected chi connectivity index (χ2v) is 7.18. The lowest BCUT2D eigenvalue weighted by Crippen LogP contribution is -2.38. The lowest BCUT2D eigenvalue weighted by atomic mass is 10.1. The molecule has 4 heterocycles. The van der Waals surface area contributed by atoms with Crippen molar-refractivity contribution in [2.75, 3.05) is 6.54 Å². The first-order valence-corrected chi connectivity index (χ1v) is 9.27. The summed E-state index contributed by atoms with van der Waals surface area (Å²) in [5.74, 6) is 2.55. The highest BCUT2D eigenvalue weighted by molar-refractivity contribution is 5.92. The van der Waals surface area contributed by atoms with Crippen LogP contribution in [0.1, 0.15) is 28.6 Å². The van der Waals surface area contributed by atoms with Crippen LogP contribution in [0.5, 0.6) is 0 Å². The molecule has 138 valence electrons. The summed E-state index contributed by atoms with van der Waals surface area (Å²) in [5, 5.41) is 8.65. The third-order valence-corrected chi connectivity index (χ3v) is 5.32. The van der Waals surface area contributed by atoms with Crippen LogP contribution in [0, 0.1) is 0 Å². The van der Waals surface area contributed by atoms with Crippen LogP contribution in [0.15, 0.2) is 36.5 Å².